The van der Waals surface area contributed by atoms with Crippen LogP contribution in [0.4, 0.5) is 5.69 Å². The minimum atomic E-state index is -0.676. The van der Waals surface area contributed by atoms with Crippen LogP contribution in [0.1, 0.15) is 12.5 Å². The third kappa shape index (κ3) is 2.97. The first kappa shape index (κ1) is 14.1. The molecule has 1 amide bonds. The van der Waals surface area contributed by atoms with Gasteiger partial charge in [0.1, 0.15) is 11.8 Å². The Kier molecular flexibility index (Phi) is 4.05. The number of anilines is 1. The van der Waals surface area contributed by atoms with Crippen molar-refractivity contribution in [1.82, 2.24) is 0 Å². The van der Waals surface area contributed by atoms with Gasteiger partial charge in [-0.25, -0.2) is 4.99 Å². The summed E-state index contributed by atoms with van der Waals surface area (Å²) in [6.45, 7) is 1.44. The van der Waals surface area contributed by atoms with E-state index in [0.717, 1.165) is 5.56 Å². The van der Waals surface area contributed by atoms with Crippen molar-refractivity contribution in [3.8, 4) is 6.07 Å². The van der Waals surface area contributed by atoms with Gasteiger partial charge in [-0.15, -0.1) is 12.6 Å². The second kappa shape index (κ2) is 5.75. The fraction of sp³-hybridized carbons (Fsp3) is 0.231. The molecule has 0 saturated carbocycles. The van der Waals surface area contributed by atoms with Gasteiger partial charge in [0.15, 0.2) is 5.50 Å². The molecule has 20 heavy (non-hydrogen) atoms. The zero-order valence-corrected chi connectivity index (χ0v) is 11.6. The van der Waals surface area contributed by atoms with Gasteiger partial charge in [0.2, 0.25) is 5.91 Å². The summed E-state index contributed by atoms with van der Waals surface area (Å²) in [5, 5.41) is 11.8. The molecule has 6 nitrogen and oxygen atoms in total. The molecule has 1 heterocycles. The standard InChI is InChI=1S/C13H13N5OS/c1-7(19)16-9-4-2-8(3-5-9)11-10(6-14)12(15)18-13(20)17-11/h2-5,10,13,20H,1H3,(H2,15,18)(H,16,19). The number of hydrogen-bond donors (Lipinski definition) is 3. The Hall–Kier alpha value is -2.33. The van der Waals surface area contributed by atoms with Gasteiger partial charge in [0.05, 0.1) is 11.8 Å². The van der Waals surface area contributed by atoms with Crippen LogP contribution in [-0.2, 0) is 4.79 Å². The molecule has 2 rings (SSSR count). The van der Waals surface area contributed by atoms with E-state index >= 15 is 0 Å². The zero-order chi connectivity index (χ0) is 14.7. The van der Waals surface area contributed by atoms with Gasteiger partial charge >= 0.3 is 0 Å². The Morgan fingerprint density at radius 3 is 2.60 bits per heavy atom. The highest BCUT2D eigenvalue weighted by Crippen LogP contribution is 2.20. The summed E-state index contributed by atoms with van der Waals surface area (Å²) in [4.78, 5) is 19.2. The molecule has 1 aliphatic heterocycles. The monoisotopic (exact) mass is 287 g/mol. The van der Waals surface area contributed by atoms with Crippen LogP contribution in [0, 0.1) is 17.2 Å². The second-order valence-corrected chi connectivity index (χ2v) is 4.70. The summed E-state index contributed by atoms with van der Waals surface area (Å²) in [7, 11) is 0. The van der Waals surface area contributed by atoms with Crippen LogP contribution in [0.3, 0.4) is 0 Å². The Labute approximate surface area is 121 Å². The lowest BCUT2D eigenvalue weighted by Gasteiger charge is -2.19. The first-order chi connectivity index (χ1) is 9.51. The number of nitriles is 1. The van der Waals surface area contributed by atoms with Crippen LogP contribution < -0.4 is 11.1 Å². The molecule has 7 heteroatoms. The number of amidine groups is 1. The van der Waals surface area contributed by atoms with Crippen LogP contribution in [0.2, 0.25) is 0 Å². The lowest BCUT2D eigenvalue weighted by atomic mass is 9.95. The minimum absolute atomic E-state index is 0.144. The molecule has 0 fully saturated rings. The molecule has 0 spiro atoms. The SMILES string of the molecule is CC(=O)Nc1ccc(C2=NC(S)N=C(N)C2C#N)cc1. The highest BCUT2D eigenvalue weighted by Gasteiger charge is 2.26. The molecule has 1 aliphatic rings. The normalized spacial score (nSPS) is 21.4. The van der Waals surface area contributed by atoms with E-state index in [1.165, 1.54) is 6.92 Å². The van der Waals surface area contributed by atoms with Crippen LogP contribution in [0.5, 0.6) is 0 Å². The summed E-state index contributed by atoms with van der Waals surface area (Å²) in [6, 6.07) is 9.10. The Balaban J connectivity index is 2.31. The van der Waals surface area contributed by atoms with Gasteiger partial charge in [-0.3, -0.25) is 9.79 Å². The number of carbonyl (C=O) groups is 1. The molecule has 2 unspecified atom stereocenters. The van der Waals surface area contributed by atoms with Crippen molar-refractivity contribution in [2.75, 3.05) is 5.32 Å². The van der Waals surface area contributed by atoms with E-state index in [9.17, 15) is 10.1 Å². The van der Waals surface area contributed by atoms with Crippen LogP contribution >= 0.6 is 12.6 Å². The number of benzene rings is 1. The molecule has 1 aromatic rings. The number of nitrogens with zero attached hydrogens (tertiary/aromatic N) is 3. The number of thiol groups is 1. The van der Waals surface area contributed by atoms with Crippen molar-refractivity contribution in [2.24, 2.45) is 21.6 Å². The van der Waals surface area contributed by atoms with Crippen LogP contribution in [0.25, 0.3) is 0 Å². The quantitative estimate of drug-likeness (QED) is 0.711. The Bertz CT molecular complexity index is 629. The number of carbonyl (C=O) groups excluding carboxylic acids is 1. The molecular formula is C13H13N5OS. The van der Waals surface area contributed by atoms with E-state index < -0.39 is 11.4 Å². The third-order valence-corrected chi connectivity index (χ3v) is 2.95. The summed E-state index contributed by atoms with van der Waals surface area (Å²) < 4.78 is 0. The molecule has 102 valence electrons. The van der Waals surface area contributed by atoms with E-state index in [0.29, 0.717) is 11.4 Å². The predicted molar refractivity (Wildman–Crippen MR) is 80.8 cm³/mol. The van der Waals surface area contributed by atoms with Gasteiger partial charge in [-0.1, -0.05) is 12.1 Å². The minimum Gasteiger partial charge on any atom is -0.386 e. The first-order valence-electron chi connectivity index (χ1n) is 5.88. The maximum Gasteiger partial charge on any atom is 0.221 e. The lowest BCUT2D eigenvalue weighted by molar-refractivity contribution is -0.114. The maximum absolute atomic E-state index is 11.0. The summed E-state index contributed by atoms with van der Waals surface area (Å²) in [6.07, 6.45) is 0. The first-order valence-corrected chi connectivity index (χ1v) is 6.39. The largest absolute Gasteiger partial charge is 0.386 e. The topological polar surface area (TPSA) is 104 Å². The number of rotatable bonds is 2. The maximum atomic E-state index is 11.0. The smallest absolute Gasteiger partial charge is 0.221 e. The number of hydrogen-bond acceptors (Lipinski definition) is 6. The van der Waals surface area contributed by atoms with Crippen LogP contribution in [0.15, 0.2) is 34.3 Å². The van der Waals surface area contributed by atoms with E-state index in [1.807, 2.05) is 0 Å². The zero-order valence-electron chi connectivity index (χ0n) is 10.7. The average molecular weight is 287 g/mol. The Morgan fingerprint density at radius 1 is 1.40 bits per heavy atom. The number of nitrogens with two attached hydrogens (primary N) is 1. The van der Waals surface area contributed by atoms with E-state index in [4.69, 9.17) is 5.73 Å². The van der Waals surface area contributed by atoms with Crippen molar-refractivity contribution in [3.63, 3.8) is 0 Å². The molecule has 0 saturated heterocycles. The molecule has 0 aliphatic carbocycles. The van der Waals surface area contributed by atoms with Crippen molar-refractivity contribution >= 4 is 35.8 Å². The Morgan fingerprint density at radius 2 is 2.05 bits per heavy atom. The summed E-state index contributed by atoms with van der Waals surface area (Å²) in [5.74, 6) is -0.608. The number of amides is 1. The molecule has 2 atom stereocenters. The highest BCUT2D eigenvalue weighted by atomic mass is 32.1. The molecule has 0 aromatic heterocycles. The molecular weight excluding hydrogens is 274 g/mol. The highest BCUT2D eigenvalue weighted by molar-refractivity contribution is 7.80. The van der Waals surface area contributed by atoms with E-state index in [-0.39, 0.29) is 11.7 Å². The molecule has 0 bridgehead atoms. The third-order valence-electron chi connectivity index (χ3n) is 2.72. The van der Waals surface area contributed by atoms with Crippen molar-refractivity contribution < 1.29 is 4.79 Å². The van der Waals surface area contributed by atoms with Crippen molar-refractivity contribution in [3.05, 3.63) is 29.8 Å². The van der Waals surface area contributed by atoms with Gasteiger partial charge in [-0.05, 0) is 17.7 Å². The van der Waals surface area contributed by atoms with Gasteiger partial charge in [-0.2, -0.15) is 5.26 Å². The summed E-state index contributed by atoms with van der Waals surface area (Å²) >= 11 is 4.15. The molecule has 1 aromatic carbocycles. The average Bonchev–Trinajstić information content (AvgIpc) is 2.38. The van der Waals surface area contributed by atoms with Gasteiger partial charge < -0.3 is 11.1 Å². The number of nitrogens with one attached hydrogen (secondary N) is 1. The number of aliphatic imine (C=N–C) groups is 2. The van der Waals surface area contributed by atoms with Gasteiger partial charge in [0, 0.05) is 12.6 Å². The molecule has 3 N–H and O–H groups in total. The fourth-order valence-corrected chi connectivity index (χ4v) is 2.13. The van der Waals surface area contributed by atoms with E-state index in [1.54, 1.807) is 24.3 Å². The van der Waals surface area contributed by atoms with Gasteiger partial charge in [0.25, 0.3) is 0 Å². The van der Waals surface area contributed by atoms with Crippen molar-refractivity contribution in [2.45, 2.75) is 12.4 Å². The van der Waals surface area contributed by atoms with Crippen molar-refractivity contribution in [1.29, 1.82) is 5.26 Å². The molecule has 0 radical (unpaired) electrons. The fourth-order valence-electron chi connectivity index (χ4n) is 1.87. The lowest BCUT2D eigenvalue weighted by Crippen LogP contribution is -2.34. The van der Waals surface area contributed by atoms with Crippen LogP contribution in [-0.4, -0.2) is 23.0 Å². The van der Waals surface area contributed by atoms with E-state index in [2.05, 4.69) is 34.0 Å². The predicted octanol–water partition coefficient (Wildman–Crippen LogP) is 1.16. The second-order valence-electron chi connectivity index (χ2n) is 4.24. The summed E-state index contributed by atoms with van der Waals surface area (Å²) in [5.41, 5.74) is 7.12.